The summed E-state index contributed by atoms with van der Waals surface area (Å²) in [6.07, 6.45) is 7.61. The summed E-state index contributed by atoms with van der Waals surface area (Å²) >= 11 is 0. The van der Waals surface area contributed by atoms with Crippen molar-refractivity contribution < 1.29 is 19.8 Å². The molecule has 1 aliphatic carbocycles. The van der Waals surface area contributed by atoms with E-state index in [2.05, 4.69) is 16.7 Å². The zero-order valence-electron chi connectivity index (χ0n) is 10.3. The predicted molar refractivity (Wildman–Crippen MR) is 66.2 cm³/mol. The van der Waals surface area contributed by atoms with Crippen LogP contribution in [0.1, 0.15) is 32.1 Å². The standard InChI is InChI=1S/C12H20N2O4/c15-8-10(11(16)17)14-12(18)13-7-6-9-4-2-1-3-5-9/h4,10,15H,1-3,5-8H2,(H,16,17)(H2,13,14,18). The Balaban J connectivity index is 2.20. The minimum atomic E-state index is -1.25. The second-order valence-electron chi connectivity index (χ2n) is 4.33. The molecule has 0 aromatic heterocycles. The van der Waals surface area contributed by atoms with Gasteiger partial charge in [-0.25, -0.2) is 9.59 Å². The minimum Gasteiger partial charge on any atom is -0.480 e. The van der Waals surface area contributed by atoms with Crippen LogP contribution in [0.4, 0.5) is 4.79 Å². The van der Waals surface area contributed by atoms with E-state index in [1.807, 2.05) is 0 Å². The molecule has 2 amide bonds. The number of carbonyl (C=O) groups excluding carboxylic acids is 1. The molecule has 1 aliphatic rings. The molecule has 0 radical (unpaired) electrons. The molecule has 0 saturated carbocycles. The van der Waals surface area contributed by atoms with Crippen molar-refractivity contribution in [1.29, 1.82) is 0 Å². The number of aliphatic hydroxyl groups is 1. The third kappa shape index (κ3) is 5.18. The Bertz CT molecular complexity index is 328. The van der Waals surface area contributed by atoms with Crippen LogP contribution in [0.5, 0.6) is 0 Å². The summed E-state index contributed by atoms with van der Waals surface area (Å²) in [5, 5.41) is 22.2. The number of allylic oxidation sites excluding steroid dienone is 1. The Kier molecular flexibility index (Phi) is 6.21. The molecule has 0 heterocycles. The summed E-state index contributed by atoms with van der Waals surface area (Å²) in [5.74, 6) is -1.25. The van der Waals surface area contributed by atoms with Gasteiger partial charge in [0.1, 0.15) is 0 Å². The van der Waals surface area contributed by atoms with E-state index in [0.29, 0.717) is 6.54 Å². The first kappa shape index (κ1) is 14.5. The van der Waals surface area contributed by atoms with E-state index < -0.39 is 24.6 Å². The molecule has 18 heavy (non-hydrogen) atoms. The van der Waals surface area contributed by atoms with Crippen molar-refractivity contribution in [3.05, 3.63) is 11.6 Å². The zero-order valence-corrected chi connectivity index (χ0v) is 10.3. The highest BCUT2D eigenvalue weighted by molar-refractivity contribution is 5.82. The zero-order chi connectivity index (χ0) is 13.4. The van der Waals surface area contributed by atoms with Crippen molar-refractivity contribution in [2.75, 3.05) is 13.2 Å². The second kappa shape index (κ2) is 7.71. The van der Waals surface area contributed by atoms with E-state index in [1.54, 1.807) is 0 Å². The van der Waals surface area contributed by atoms with Gasteiger partial charge in [-0.15, -0.1) is 0 Å². The molecule has 0 aromatic rings. The third-order valence-corrected chi connectivity index (χ3v) is 2.90. The number of carboxylic acid groups (broad SMARTS) is 1. The van der Waals surface area contributed by atoms with Crippen LogP contribution < -0.4 is 10.6 Å². The number of aliphatic hydroxyl groups excluding tert-OH is 1. The molecular weight excluding hydrogens is 236 g/mol. The highest BCUT2D eigenvalue weighted by Gasteiger charge is 2.18. The van der Waals surface area contributed by atoms with E-state index in [4.69, 9.17) is 10.2 Å². The number of urea groups is 1. The van der Waals surface area contributed by atoms with Crippen LogP contribution in [0.2, 0.25) is 0 Å². The lowest BCUT2D eigenvalue weighted by Gasteiger charge is -2.15. The van der Waals surface area contributed by atoms with Crippen LogP contribution in [0.3, 0.4) is 0 Å². The molecule has 6 heteroatoms. The SMILES string of the molecule is O=C(NCCC1=CCCCC1)NC(CO)C(=O)O. The fraction of sp³-hybridized carbons (Fsp3) is 0.667. The van der Waals surface area contributed by atoms with Gasteiger partial charge in [0, 0.05) is 6.54 Å². The van der Waals surface area contributed by atoms with Crippen molar-refractivity contribution >= 4 is 12.0 Å². The van der Waals surface area contributed by atoms with Crippen molar-refractivity contribution in [2.24, 2.45) is 0 Å². The Morgan fingerprint density at radius 3 is 2.72 bits per heavy atom. The largest absolute Gasteiger partial charge is 0.480 e. The number of hydrogen-bond acceptors (Lipinski definition) is 3. The molecule has 0 aliphatic heterocycles. The quantitative estimate of drug-likeness (QED) is 0.524. The first-order valence-corrected chi connectivity index (χ1v) is 6.19. The summed E-state index contributed by atoms with van der Waals surface area (Å²) in [4.78, 5) is 21.9. The third-order valence-electron chi connectivity index (χ3n) is 2.90. The first-order chi connectivity index (χ1) is 8.63. The molecule has 0 aromatic carbocycles. The summed E-state index contributed by atoms with van der Waals surface area (Å²) in [6, 6.07) is -1.81. The monoisotopic (exact) mass is 256 g/mol. The number of aliphatic carboxylic acids is 1. The lowest BCUT2D eigenvalue weighted by molar-refractivity contribution is -0.140. The van der Waals surface area contributed by atoms with Crippen LogP contribution in [-0.2, 0) is 4.79 Å². The molecule has 6 nitrogen and oxygen atoms in total. The van der Waals surface area contributed by atoms with Gasteiger partial charge in [0.15, 0.2) is 6.04 Å². The van der Waals surface area contributed by atoms with Crippen LogP contribution in [0.15, 0.2) is 11.6 Å². The molecule has 0 saturated heterocycles. The topological polar surface area (TPSA) is 98.7 Å². The minimum absolute atomic E-state index is 0.482. The van der Waals surface area contributed by atoms with Gasteiger partial charge in [-0.05, 0) is 32.1 Å². The fourth-order valence-electron chi connectivity index (χ4n) is 1.86. The number of carboxylic acids is 1. The van der Waals surface area contributed by atoms with Gasteiger partial charge < -0.3 is 20.8 Å². The van der Waals surface area contributed by atoms with Crippen molar-refractivity contribution in [1.82, 2.24) is 10.6 Å². The Labute approximate surface area is 106 Å². The number of hydrogen-bond donors (Lipinski definition) is 4. The number of rotatable bonds is 6. The predicted octanol–water partition coefficient (Wildman–Crippen LogP) is 0.622. The van der Waals surface area contributed by atoms with Gasteiger partial charge in [0.05, 0.1) is 6.61 Å². The molecule has 4 N–H and O–H groups in total. The Hall–Kier alpha value is -1.56. The molecule has 0 spiro atoms. The number of nitrogens with one attached hydrogen (secondary N) is 2. The molecule has 1 rings (SSSR count). The lowest BCUT2D eigenvalue weighted by atomic mass is 9.97. The lowest BCUT2D eigenvalue weighted by Crippen LogP contribution is -2.48. The van der Waals surface area contributed by atoms with E-state index in [-0.39, 0.29) is 0 Å². The summed E-state index contributed by atoms with van der Waals surface area (Å²) in [5.41, 5.74) is 1.35. The van der Waals surface area contributed by atoms with Gasteiger partial charge in [0.25, 0.3) is 0 Å². The first-order valence-electron chi connectivity index (χ1n) is 6.19. The molecule has 0 bridgehead atoms. The fourth-order valence-corrected chi connectivity index (χ4v) is 1.86. The maximum Gasteiger partial charge on any atom is 0.328 e. The molecule has 1 atom stereocenters. The van der Waals surface area contributed by atoms with Crippen molar-refractivity contribution in [2.45, 2.75) is 38.1 Å². The van der Waals surface area contributed by atoms with Crippen LogP contribution in [0.25, 0.3) is 0 Å². The van der Waals surface area contributed by atoms with Gasteiger partial charge in [-0.1, -0.05) is 11.6 Å². The van der Waals surface area contributed by atoms with Crippen molar-refractivity contribution in [3.63, 3.8) is 0 Å². The highest BCUT2D eigenvalue weighted by atomic mass is 16.4. The van der Waals surface area contributed by atoms with Crippen LogP contribution in [0, 0.1) is 0 Å². The molecule has 102 valence electrons. The molecule has 0 fully saturated rings. The highest BCUT2D eigenvalue weighted by Crippen LogP contribution is 2.19. The normalized spacial score (nSPS) is 16.6. The number of amides is 2. The maximum absolute atomic E-state index is 11.3. The number of carbonyl (C=O) groups is 2. The van der Waals surface area contributed by atoms with Gasteiger partial charge in [-0.3, -0.25) is 0 Å². The second-order valence-corrected chi connectivity index (χ2v) is 4.33. The van der Waals surface area contributed by atoms with Crippen LogP contribution in [-0.4, -0.2) is 41.4 Å². The van der Waals surface area contributed by atoms with Crippen LogP contribution >= 0.6 is 0 Å². The van der Waals surface area contributed by atoms with E-state index in [0.717, 1.165) is 19.3 Å². The summed E-state index contributed by atoms with van der Waals surface area (Å²) in [7, 11) is 0. The van der Waals surface area contributed by atoms with Gasteiger partial charge in [-0.2, -0.15) is 0 Å². The maximum atomic E-state index is 11.3. The van der Waals surface area contributed by atoms with E-state index >= 15 is 0 Å². The summed E-state index contributed by atoms with van der Waals surface area (Å²) < 4.78 is 0. The summed E-state index contributed by atoms with van der Waals surface area (Å²) in [6.45, 7) is -0.136. The Morgan fingerprint density at radius 1 is 1.39 bits per heavy atom. The smallest absolute Gasteiger partial charge is 0.328 e. The van der Waals surface area contributed by atoms with Gasteiger partial charge >= 0.3 is 12.0 Å². The van der Waals surface area contributed by atoms with E-state index in [9.17, 15) is 9.59 Å². The average molecular weight is 256 g/mol. The average Bonchev–Trinajstić information content (AvgIpc) is 2.37. The van der Waals surface area contributed by atoms with E-state index in [1.165, 1.54) is 18.4 Å². The molecular formula is C12H20N2O4. The van der Waals surface area contributed by atoms with Gasteiger partial charge in [0.2, 0.25) is 0 Å². The van der Waals surface area contributed by atoms with Crippen molar-refractivity contribution in [3.8, 4) is 0 Å². The molecule has 1 unspecified atom stereocenters. The Morgan fingerprint density at radius 2 is 2.17 bits per heavy atom.